The third kappa shape index (κ3) is 4.36. The fraction of sp³-hybridized carbons (Fsp3) is 0.545. The number of aromatic nitrogens is 1. The van der Waals surface area contributed by atoms with Crippen molar-refractivity contribution in [1.29, 1.82) is 0 Å². The molecule has 6 nitrogen and oxygen atoms in total. The van der Waals surface area contributed by atoms with Crippen molar-refractivity contribution in [2.75, 3.05) is 6.54 Å². The van der Waals surface area contributed by atoms with Crippen molar-refractivity contribution >= 4 is 5.69 Å². The first kappa shape index (κ1) is 13.4. The van der Waals surface area contributed by atoms with Gasteiger partial charge in [-0.2, -0.15) is 0 Å². The maximum absolute atomic E-state index is 11.2. The molecule has 1 heterocycles. The van der Waals surface area contributed by atoms with Crippen LogP contribution in [0.5, 0.6) is 0 Å². The molecular weight excluding hydrogens is 222 g/mol. The molecule has 0 amide bonds. The van der Waals surface area contributed by atoms with E-state index in [0.29, 0.717) is 12.6 Å². The van der Waals surface area contributed by atoms with E-state index in [2.05, 4.69) is 19.2 Å². The lowest BCUT2D eigenvalue weighted by Crippen LogP contribution is -2.24. The van der Waals surface area contributed by atoms with Crippen LogP contribution in [0.3, 0.4) is 0 Å². The van der Waals surface area contributed by atoms with Gasteiger partial charge in [-0.25, -0.2) is 0 Å². The second-order valence-electron chi connectivity index (χ2n) is 4.15. The zero-order valence-electron chi connectivity index (χ0n) is 10.0. The highest BCUT2D eigenvalue weighted by Gasteiger charge is 2.11. The highest BCUT2D eigenvalue weighted by atomic mass is 16.6. The van der Waals surface area contributed by atoms with Crippen LogP contribution in [-0.2, 0) is 6.54 Å². The maximum atomic E-state index is 11.2. The molecule has 1 N–H and O–H groups in total. The van der Waals surface area contributed by atoms with Crippen LogP contribution < -0.4 is 10.7 Å². The van der Waals surface area contributed by atoms with Crippen molar-refractivity contribution in [3.05, 3.63) is 38.8 Å². The van der Waals surface area contributed by atoms with Crippen LogP contribution in [0.2, 0.25) is 0 Å². The van der Waals surface area contributed by atoms with Gasteiger partial charge in [-0.1, -0.05) is 13.8 Å². The number of hydrogen-bond acceptors (Lipinski definition) is 4. The van der Waals surface area contributed by atoms with Gasteiger partial charge >= 0.3 is 5.69 Å². The lowest BCUT2D eigenvalue weighted by molar-refractivity contribution is -0.386. The minimum absolute atomic E-state index is 0.371. The van der Waals surface area contributed by atoms with Crippen molar-refractivity contribution in [2.24, 2.45) is 0 Å². The Labute approximate surface area is 99.4 Å². The van der Waals surface area contributed by atoms with Gasteiger partial charge in [-0.05, 0) is 13.0 Å². The van der Waals surface area contributed by atoms with Crippen molar-refractivity contribution in [3.63, 3.8) is 0 Å². The summed E-state index contributed by atoms with van der Waals surface area (Å²) in [6, 6.07) is 1.66. The Bertz CT molecular complexity index is 440. The van der Waals surface area contributed by atoms with E-state index < -0.39 is 10.4 Å². The molecule has 1 aromatic rings. The van der Waals surface area contributed by atoms with Crippen LogP contribution in [0.15, 0.2) is 23.3 Å². The first-order valence-corrected chi connectivity index (χ1v) is 5.58. The van der Waals surface area contributed by atoms with Gasteiger partial charge in [0.05, 0.1) is 11.1 Å². The third-order valence-electron chi connectivity index (χ3n) is 2.30. The molecule has 0 saturated heterocycles. The van der Waals surface area contributed by atoms with E-state index in [1.807, 2.05) is 0 Å². The van der Waals surface area contributed by atoms with Crippen LogP contribution in [0, 0.1) is 10.1 Å². The molecule has 0 aliphatic carbocycles. The van der Waals surface area contributed by atoms with E-state index >= 15 is 0 Å². The summed E-state index contributed by atoms with van der Waals surface area (Å²) in [6.45, 7) is 5.62. The molecule has 0 bridgehead atoms. The number of nitrogens with zero attached hydrogens (tertiary/aromatic N) is 2. The average Bonchev–Trinajstić information content (AvgIpc) is 2.25. The molecule has 0 atom stereocenters. The van der Waals surface area contributed by atoms with Crippen LogP contribution in [0.4, 0.5) is 5.69 Å². The van der Waals surface area contributed by atoms with Gasteiger partial charge in [0.2, 0.25) is 0 Å². The third-order valence-corrected chi connectivity index (χ3v) is 2.30. The standard InChI is InChI=1S/C11H17N3O3/c1-9(2)12-5-3-6-13-7-4-11(15)10(8-13)14(16)17/h4,7-9,12H,3,5-6H2,1-2H3. The Balaban J connectivity index is 2.58. The van der Waals surface area contributed by atoms with Crippen LogP contribution in [0.25, 0.3) is 0 Å². The highest BCUT2D eigenvalue weighted by molar-refractivity contribution is 5.25. The lowest BCUT2D eigenvalue weighted by Gasteiger charge is -2.09. The quantitative estimate of drug-likeness (QED) is 0.459. The average molecular weight is 239 g/mol. The van der Waals surface area contributed by atoms with Crippen molar-refractivity contribution in [2.45, 2.75) is 32.9 Å². The van der Waals surface area contributed by atoms with Gasteiger partial charge in [0.15, 0.2) is 0 Å². The topological polar surface area (TPSA) is 77.2 Å². The highest BCUT2D eigenvalue weighted by Crippen LogP contribution is 2.02. The van der Waals surface area contributed by atoms with Crippen LogP contribution >= 0.6 is 0 Å². The maximum Gasteiger partial charge on any atom is 0.332 e. The van der Waals surface area contributed by atoms with E-state index in [9.17, 15) is 14.9 Å². The first-order valence-electron chi connectivity index (χ1n) is 5.58. The molecule has 94 valence electrons. The molecule has 0 aliphatic rings. The Kier molecular flexibility index (Phi) is 4.84. The fourth-order valence-electron chi connectivity index (χ4n) is 1.44. The van der Waals surface area contributed by atoms with Gasteiger partial charge in [-0.15, -0.1) is 0 Å². The minimum Gasteiger partial charge on any atom is -0.348 e. The summed E-state index contributed by atoms with van der Waals surface area (Å²) in [5.41, 5.74) is -0.920. The molecule has 0 unspecified atom stereocenters. The SMILES string of the molecule is CC(C)NCCCn1ccc(=O)c([N+](=O)[O-])c1. The summed E-state index contributed by atoms with van der Waals surface area (Å²) in [7, 11) is 0. The van der Waals surface area contributed by atoms with Gasteiger partial charge in [0.1, 0.15) is 0 Å². The lowest BCUT2D eigenvalue weighted by atomic mass is 10.3. The van der Waals surface area contributed by atoms with Gasteiger partial charge in [-0.3, -0.25) is 14.9 Å². The van der Waals surface area contributed by atoms with Crippen molar-refractivity contribution < 1.29 is 4.92 Å². The smallest absolute Gasteiger partial charge is 0.332 e. The van der Waals surface area contributed by atoms with Crippen LogP contribution in [-0.4, -0.2) is 22.1 Å². The zero-order chi connectivity index (χ0) is 12.8. The summed E-state index contributed by atoms with van der Waals surface area (Å²) < 4.78 is 1.67. The number of aryl methyl sites for hydroxylation is 1. The summed E-state index contributed by atoms with van der Waals surface area (Å²) in [4.78, 5) is 21.1. The fourth-order valence-corrected chi connectivity index (χ4v) is 1.44. The van der Waals surface area contributed by atoms with E-state index in [0.717, 1.165) is 13.0 Å². The monoisotopic (exact) mass is 239 g/mol. The summed E-state index contributed by atoms with van der Waals surface area (Å²) >= 11 is 0. The number of nitro groups is 1. The molecule has 1 aromatic heterocycles. The Morgan fingerprint density at radius 1 is 1.53 bits per heavy atom. The predicted octanol–water partition coefficient (Wildman–Crippen LogP) is 1.14. The number of pyridine rings is 1. The summed E-state index contributed by atoms with van der Waals surface area (Å²) in [6.07, 6.45) is 3.72. The van der Waals surface area contributed by atoms with E-state index in [-0.39, 0.29) is 5.69 Å². The van der Waals surface area contributed by atoms with Gasteiger partial charge in [0.25, 0.3) is 5.43 Å². The Morgan fingerprint density at radius 2 is 2.24 bits per heavy atom. The Hall–Kier alpha value is -1.69. The number of nitrogens with one attached hydrogen (secondary N) is 1. The Morgan fingerprint density at radius 3 is 2.82 bits per heavy atom. The predicted molar refractivity (Wildman–Crippen MR) is 65.1 cm³/mol. The second-order valence-corrected chi connectivity index (χ2v) is 4.15. The minimum atomic E-state index is -0.648. The van der Waals surface area contributed by atoms with Gasteiger partial charge in [0, 0.05) is 24.8 Å². The molecule has 17 heavy (non-hydrogen) atoms. The largest absolute Gasteiger partial charge is 0.348 e. The molecule has 0 spiro atoms. The molecule has 0 saturated carbocycles. The van der Waals surface area contributed by atoms with Crippen LogP contribution in [0.1, 0.15) is 20.3 Å². The summed E-state index contributed by atoms with van der Waals surface area (Å²) in [5.74, 6) is 0. The first-order chi connectivity index (χ1) is 8.00. The normalized spacial score (nSPS) is 10.8. The van der Waals surface area contributed by atoms with E-state index in [1.165, 1.54) is 12.3 Å². The molecule has 1 rings (SSSR count). The molecule has 6 heteroatoms. The second kappa shape index (κ2) is 6.15. The summed E-state index contributed by atoms with van der Waals surface area (Å²) in [5, 5.41) is 13.8. The van der Waals surface area contributed by atoms with Crippen molar-refractivity contribution in [1.82, 2.24) is 9.88 Å². The van der Waals surface area contributed by atoms with Gasteiger partial charge < -0.3 is 9.88 Å². The van der Waals surface area contributed by atoms with Crippen molar-refractivity contribution in [3.8, 4) is 0 Å². The molecule has 0 aliphatic heterocycles. The molecule has 0 aromatic carbocycles. The zero-order valence-corrected chi connectivity index (χ0v) is 10.0. The number of hydrogen-bond donors (Lipinski definition) is 1. The molecular formula is C11H17N3O3. The van der Waals surface area contributed by atoms with E-state index in [4.69, 9.17) is 0 Å². The van der Waals surface area contributed by atoms with E-state index in [1.54, 1.807) is 10.8 Å². The molecule has 0 radical (unpaired) electrons. The molecule has 0 fully saturated rings. The number of rotatable bonds is 6.